The van der Waals surface area contributed by atoms with Gasteiger partial charge in [-0.25, -0.2) is 0 Å². The van der Waals surface area contributed by atoms with Gasteiger partial charge in [-0.05, 0) is 44.5 Å². The third kappa shape index (κ3) is 2.74. The largest absolute Gasteiger partial charge is 0.488 e. The molecule has 0 bridgehead atoms. The molecule has 0 aliphatic carbocycles. The van der Waals surface area contributed by atoms with Crippen molar-refractivity contribution >= 4 is 0 Å². The SMILES string of the molecule is Cc1ccc2c(c1)CC(CN1CCC(C#N)CC1)O2. The fourth-order valence-electron chi connectivity index (χ4n) is 3.08. The number of hydrogen-bond donors (Lipinski definition) is 0. The van der Waals surface area contributed by atoms with E-state index in [9.17, 15) is 0 Å². The highest BCUT2D eigenvalue weighted by atomic mass is 16.5. The molecule has 1 fully saturated rings. The van der Waals surface area contributed by atoms with Gasteiger partial charge in [-0.15, -0.1) is 0 Å². The summed E-state index contributed by atoms with van der Waals surface area (Å²) < 4.78 is 6.01. The van der Waals surface area contributed by atoms with Crippen molar-refractivity contribution in [3.8, 4) is 11.8 Å². The number of rotatable bonds is 2. The number of nitriles is 1. The lowest BCUT2D eigenvalue weighted by atomic mass is 9.98. The summed E-state index contributed by atoms with van der Waals surface area (Å²) in [6.07, 6.45) is 3.33. The van der Waals surface area contributed by atoms with Crippen molar-refractivity contribution in [3.63, 3.8) is 0 Å². The zero-order valence-corrected chi connectivity index (χ0v) is 11.4. The van der Waals surface area contributed by atoms with Crippen LogP contribution >= 0.6 is 0 Å². The maximum Gasteiger partial charge on any atom is 0.123 e. The Morgan fingerprint density at radius 2 is 2.16 bits per heavy atom. The van der Waals surface area contributed by atoms with Crippen LogP contribution in [-0.4, -0.2) is 30.6 Å². The van der Waals surface area contributed by atoms with E-state index in [2.05, 4.69) is 36.1 Å². The predicted octanol–water partition coefficient (Wildman–Crippen LogP) is 2.53. The van der Waals surface area contributed by atoms with Gasteiger partial charge in [-0.1, -0.05) is 17.7 Å². The van der Waals surface area contributed by atoms with E-state index in [0.717, 1.165) is 44.6 Å². The van der Waals surface area contributed by atoms with Gasteiger partial charge >= 0.3 is 0 Å². The van der Waals surface area contributed by atoms with E-state index in [1.165, 1.54) is 11.1 Å². The molecule has 1 aromatic carbocycles. The first-order valence-electron chi connectivity index (χ1n) is 7.13. The van der Waals surface area contributed by atoms with Crippen LogP contribution in [0.3, 0.4) is 0 Å². The molecule has 1 saturated heterocycles. The highest BCUT2D eigenvalue weighted by Gasteiger charge is 2.27. The molecular formula is C16H20N2O. The van der Waals surface area contributed by atoms with E-state index in [4.69, 9.17) is 10.00 Å². The Labute approximate surface area is 114 Å². The van der Waals surface area contributed by atoms with Gasteiger partial charge in [-0.2, -0.15) is 5.26 Å². The van der Waals surface area contributed by atoms with Gasteiger partial charge in [0, 0.05) is 18.9 Å². The van der Waals surface area contributed by atoms with Gasteiger partial charge < -0.3 is 4.74 Å². The number of ether oxygens (including phenoxy) is 1. The summed E-state index contributed by atoms with van der Waals surface area (Å²) in [6, 6.07) is 8.81. The standard InChI is InChI=1S/C16H20N2O/c1-12-2-3-16-14(8-12)9-15(19-16)11-18-6-4-13(10-17)5-7-18/h2-3,8,13,15H,4-7,9,11H2,1H3. The van der Waals surface area contributed by atoms with E-state index < -0.39 is 0 Å². The fourth-order valence-corrected chi connectivity index (χ4v) is 3.08. The van der Waals surface area contributed by atoms with Crippen LogP contribution in [0.1, 0.15) is 24.0 Å². The molecule has 0 aromatic heterocycles. The molecule has 0 amide bonds. The normalized spacial score (nSPS) is 23.7. The molecule has 19 heavy (non-hydrogen) atoms. The molecule has 3 nitrogen and oxygen atoms in total. The first kappa shape index (κ1) is 12.5. The molecular weight excluding hydrogens is 236 g/mol. The van der Waals surface area contributed by atoms with E-state index in [1.807, 2.05) is 0 Å². The Hall–Kier alpha value is -1.53. The summed E-state index contributed by atoms with van der Waals surface area (Å²) in [7, 11) is 0. The van der Waals surface area contributed by atoms with Crippen molar-refractivity contribution in [2.24, 2.45) is 5.92 Å². The van der Waals surface area contributed by atoms with Gasteiger partial charge in [0.25, 0.3) is 0 Å². The molecule has 0 N–H and O–H groups in total. The Balaban J connectivity index is 1.55. The van der Waals surface area contributed by atoms with Gasteiger partial charge in [0.05, 0.1) is 6.07 Å². The Morgan fingerprint density at radius 3 is 2.89 bits per heavy atom. The number of fused-ring (bicyclic) bond motifs is 1. The molecule has 1 atom stereocenters. The fraction of sp³-hybridized carbons (Fsp3) is 0.562. The van der Waals surface area contributed by atoms with E-state index in [0.29, 0.717) is 0 Å². The number of aryl methyl sites for hydroxylation is 1. The maximum atomic E-state index is 8.91. The van der Waals surface area contributed by atoms with E-state index in [1.54, 1.807) is 0 Å². The molecule has 0 saturated carbocycles. The summed E-state index contributed by atoms with van der Waals surface area (Å²) in [6.45, 7) is 5.19. The first-order valence-corrected chi connectivity index (χ1v) is 7.13. The van der Waals surface area contributed by atoms with Crippen molar-refractivity contribution in [1.29, 1.82) is 5.26 Å². The quantitative estimate of drug-likeness (QED) is 0.816. The smallest absolute Gasteiger partial charge is 0.123 e. The monoisotopic (exact) mass is 256 g/mol. The van der Waals surface area contributed by atoms with Crippen molar-refractivity contribution < 1.29 is 4.74 Å². The van der Waals surface area contributed by atoms with Crippen molar-refractivity contribution in [3.05, 3.63) is 29.3 Å². The Kier molecular flexibility index (Phi) is 3.44. The molecule has 1 aromatic rings. The number of nitrogens with zero attached hydrogens (tertiary/aromatic N) is 2. The summed E-state index contributed by atoms with van der Waals surface area (Å²) >= 11 is 0. The number of hydrogen-bond acceptors (Lipinski definition) is 3. The van der Waals surface area contributed by atoms with Crippen molar-refractivity contribution in [2.45, 2.75) is 32.3 Å². The third-order valence-electron chi connectivity index (χ3n) is 4.19. The minimum atomic E-state index is 0.264. The minimum Gasteiger partial charge on any atom is -0.488 e. The summed E-state index contributed by atoms with van der Waals surface area (Å²) in [4.78, 5) is 2.44. The highest BCUT2D eigenvalue weighted by molar-refractivity contribution is 5.40. The summed E-state index contributed by atoms with van der Waals surface area (Å²) in [5.74, 6) is 1.32. The van der Waals surface area contributed by atoms with Gasteiger partial charge in [0.2, 0.25) is 0 Å². The lowest BCUT2D eigenvalue weighted by Crippen LogP contribution is -2.40. The zero-order chi connectivity index (χ0) is 13.2. The zero-order valence-electron chi connectivity index (χ0n) is 11.4. The van der Waals surface area contributed by atoms with E-state index >= 15 is 0 Å². The molecule has 2 aliphatic heterocycles. The number of benzene rings is 1. The minimum absolute atomic E-state index is 0.264. The van der Waals surface area contributed by atoms with Crippen LogP contribution < -0.4 is 4.74 Å². The lowest BCUT2D eigenvalue weighted by Gasteiger charge is -2.30. The topological polar surface area (TPSA) is 36.3 Å². The Morgan fingerprint density at radius 1 is 1.37 bits per heavy atom. The van der Waals surface area contributed by atoms with Crippen LogP contribution in [0.5, 0.6) is 5.75 Å². The van der Waals surface area contributed by atoms with Crippen LogP contribution in [0.15, 0.2) is 18.2 Å². The molecule has 2 aliphatic rings. The second-order valence-electron chi connectivity index (χ2n) is 5.76. The third-order valence-corrected chi connectivity index (χ3v) is 4.19. The number of piperidine rings is 1. The average Bonchev–Trinajstić information content (AvgIpc) is 2.81. The van der Waals surface area contributed by atoms with Crippen LogP contribution in [-0.2, 0) is 6.42 Å². The van der Waals surface area contributed by atoms with Crippen LogP contribution in [0, 0.1) is 24.2 Å². The van der Waals surface area contributed by atoms with Crippen LogP contribution in [0.2, 0.25) is 0 Å². The molecule has 3 rings (SSSR count). The second kappa shape index (κ2) is 5.22. The van der Waals surface area contributed by atoms with Crippen molar-refractivity contribution in [1.82, 2.24) is 4.90 Å². The maximum absolute atomic E-state index is 8.91. The highest BCUT2D eigenvalue weighted by Crippen LogP contribution is 2.30. The van der Waals surface area contributed by atoms with Crippen LogP contribution in [0.25, 0.3) is 0 Å². The molecule has 2 heterocycles. The van der Waals surface area contributed by atoms with E-state index in [-0.39, 0.29) is 12.0 Å². The predicted molar refractivity (Wildman–Crippen MR) is 74.1 cm³/mol. The van der Waals surface area contributed by atoms with Gasteiger partial charge in [0.15, 0.2) is 0 Å². The molecule has 0 radical (unpaired) electrons. The first-order chi connectivity index (χ1) is 9.24. The molecule has 1 unspecified atom stereocenters. The summed E-state index contributed by atoms with van der Waals surface area (Å²) in [5, 5.41) is 8.91. The number of likely N-dealkylation sites (tertiary alicyclic amines) is 1. The Bertz CT molecular complexity index is 498. The van der Waals surface area contributed by atoms with Gasteiger partial charge in [-0.3, -0.25) is 4.90 Å². The summed E-state index contributed by atoms with van der Waals surface area (Å²) in [5.41, 5.74) is 2.65. The average molecular weight is 256 g/mol. The molecule has 100 valence electrons. The lowest BCUT2D eigenvalue weighted by molar-refractivity contribution is 0.125. The second-order valence-corrected chi connectivity index (χ2v) is 5.76. The molecule has 3 heteroatoms. The van der Waals surface area contributed by atoms with Gasteiger partial charge in [0.1, 0.15) is 11.9 Å². The van der Waals surface area contributed by atoms with Crippen LogP contribution in [0.4, 0.5) is 0 Å². The molecule has 0 spiro atoms. The van der Waals surface area contributed by atoms with Crippen molar-refractivity contribution in [2.75, 3.05) is 19.6 Å².